The van der Waals surface area contributed by atoms with Gasteiger partial charge in [-0.3, -0.25) is 4.79 Å². The Bertz CT molecular complexity index is 984. The highest BCUT2D eigenvalue weighted by Gasteiger charge is 2.23. The predicted octanol–water partition coefficient (Wildman–Crippen LogP) is 3.65. The summed E-state index contributed by atoms with van der Waals surface area (Å²) in [5.74, 6) is 0.398. The van der Waals surface area contributed by atoms with Crippen LogP contribution in [0.4, 0.5) is 5.69 Å². The predicted molar refractivity (Wildman–Crippen MR) is 106 cm³/mol. The summed E-state index contributed by atoms with van der Waals surface area (Å²) in [5, 5.41) is 10.7. The molecule has 1 amide bonds. The van der Waals surface area contributed by atoms with E-state index < -0.39 is 0 Å². The van der Waals surface area contributed by atoms with Gasteiger partial charge in [0.15, 0.2) is 0 Å². The van der Waals surface area contributed by atoms with E-state index in [1.165, 1.54) is 5.56 Å². The van der Waals surface area contributed by atoms with E-state index in [2.05, 4.69) is 17.9 Å². The number of carbonyl (C=O) groups is 1. The number of hydrogen-bond donors (Lipinski definition) is 1. The molecule has 1 fully saturated rings. The van der Waals surface area contributed by atoms with Crippen molar-refractivity contribution in [2.24, 2.45) is 0 Å². The van der Waals surface area contributed by atoms with Crippen LogP contribution in [0.3, 0.4) is 0 Å². The van der Waals surface area contributed by atoms with E-state index in [1.54, 1.807) is 18.4 Å². The van der Waals surface area contributed by atoms with E-state index in [0.717, 1.165) is 40.9 Å². The van der Waals surface area contributed by atoms with Crippen molar-refractivity contribution < 1.29 is 14.3 Å². The number of anilines is 1. The lowest BCUT2D eigenvalue weighted by molar-refractivity contribution is -0.130. The van der Waals surface area contributed by atoms with Crippen LogP contribution in [-0.2, 0) is 11.2 Å². The second-order valence-corrected chi connectivity index (χ2v) is 7.21. The minimum absolute atomic E-state index is 0.131. The molecule has 1 aromatic heterocycles. The van der Waals surface area contributed by atoms with Crippen LogP contribution in [-0.4, -0.2) is 42.1 Å². The van der Waals surface area contributed by atoms with Crippen LogP contribution in [0.15, 0.2) is 47.1 Å². The van der Waals surface area contributed by atoms with E-state index >= 15 is 0 Å². The smallest absolute Gasteiger partial charge is 0.227 e. The van der Waals surface area contributed by atoms with Crippen molar-refractivity contribution in [1.82, 2.24) is 4.90 Å². The normalized spacial score (nSPS) is 14.7. The van der Waals surface area contributed by atoms with Gasteiger partial charge in [-0.15, -0.1) is 0 Å². The zero-order chi connectivity index (χ0) is 19.0. The fraction of sp³-hybridized carbons (Fsp3) is 0.318. The van der Waals surface area contributed by atoms with Gasteiger partial charge in [-0.05, 0) is 37.1 Å². The molecule has 3 aromatic rings. The Kier molecular flexibility index (Phi) is 4.52. The number of aryl methyl sites for hydroxylation is 2. The second kappa shape index (κ2) is 6.99. The number of fused-ring (bicyclic) bond motifs is 1. The number of phenolic OH excluding ortho intramolecular Hbond substituents is 1. The summed E-state index contributed by atoms with van der Waals surface area (Å²) in [7, 11) is 0. The summed E-state index contributed by atoms with van der Waals surface area (Å²) >= 11 is 0. The Hall–Kier alpha value is -2.95. The fourth-order valence-electron chi connectivity index (χ4n) is 3.70. The average Bonchev–Trinajstić information content (AvgIpc) is 3.08. The first-order valence-electron chi connectivity index (χ1n) is 9.31. The van der Waals surface area contributed by atoms with Gasteiger partial charge in [-0.1, -0.05) is 18.2 Å². The highest BCUT2D eigenvalue weighted by Crippen LogP contribution is 2.27. The lowest BCUT2D eigenvalue weighted by atomic mass is 10.0. The molecule has 5 heteroatoms. The maximum absolute atomic E-state index is 12.8. The Morgan fingerprint density at radius 3 is 2.63 bits per heavy atom. The molecule has 0 atom stereocenters. The van der Waals surface area contributed by atoms with E-state index in [9.17, 15) is 9.90 Å². The van der Waals surface area contributed by atoms with Crippen LogP contribution in [0, 0.1) is 13.8 Å². The molecule has 1 N–H and O–H groups in total. The molecular weight excluding hydrogens is 340 g/mol. The number of piperazine rings is 1. The molecule has 0 unspecified atom stereocenters. The topological polar surface area (TPSA) is 56.9 Å². The van der Waals surface area contributed by atoms with Crippen molar-refractivity contribution >= 4 is 22.6 Å². The van der Waals surface area contributed by atoms with Crippen molar-refractivity contribution in [3.8, 4) is 5.75 Å². The van der Waals surface area contributed by atoms with Gasteiger partial charge in [0.25, 0.3) is 0 Å². The van der Waals surface area contributed by atoms with Crippen LogP contribution in [0.5, 0.6) is 5.75 Å². The maximum atomic E-state index is 12.8. The SMILES string of the molecule is Cc1ccc2c(CC(=O)N3CCN(c4cccc(O)c4)CC3)coc2c1C. The molecule has 140 valence electrons. The Balaban J connectivity index is 1.42. The number of aromatic hydroxyl groups is 1. The molecule has 1 aliphatic rings. The van der Waals surface area contributed by atoms with Gasteiger partial charge >= 0.3 is 0 Å². The van der Waals surface area contributed by atoms with Gasteiger partial charge in [-0.2, -0.15) is 0 Å². The first-order chi connectivity index (χ1) is 13.0. The van der Waals surface area contributed by atoms with Crippen molar-refractivity contribution in [3.63, 3.8) is 0 Å². The third-order valence-electron chi connectivity index (χ3n) is 5.51. The minimum atomic E-state index is 0.131. The van der Waals surface area contributed by atoms with Crippen molar-refractivity contribution in [1.29, 1.82) is 0 Å². The zero-order valence-corrected chi connectivity index (χ0v) is 15.7. The summed E-state index contributed by atoms with van der Waals surface area (Å²) in [6, 6.07) is 11.4. The van der Waals surface area contributed by atoms with Crippen LogP contribution >= 0.6 is 0 Å². The third-order valence-corrected chi connectivity index (χ3v) is 5.51. The first kappa shape index (κ1) is 17.5. The van der Waals surface area contributed by atoms with Gasteiger partial charge in [-0.25, -0.2) is 0 Å². The van der Waals surface area contributed by atoms with Gasteiger partial charge in [0.05, 0.1) is 12.7 Å². The number of amides is 1. The largest absolute Gasteiger partial charge is 0.508 e. The number of carbonyl (C=O) groups excluding carboxylic acids is 1. The van der Waals surface area contributed by atoms with Crippen molar-refractivity contribution in [2.45, 2.75) is 20.3 Å². The highest BCUT2D eigenvalue weighted by molar-refractivity contribution is 5.89. The van der Waals surface area contributed by atoms with Crippen LogP contribution in [0.25, 0.3) is 11.0 Å². The van der Waals surface area contributed by atoms with Gasteiger partial charge in [0.1, 0.15) is 11.3 Å². The Morgan fingerprint density at radius 2 is 1.89 bits per heavy atom. The number of furan rings is 1. The van der Waals surface area contributed by atoms with E-state index in [-0.39, 0.29) is 11.7 Å². The molecule has 27 heavy (non-hydrogen) atoms. The van der Waals surface area contributed by atoms with Gasteiger partial charge in [0.2, 0.25) is 5.91 Å². The summed E-state index contributed by atoms with van der Waals surface area (Å²) < 4.78 is 5.73. The highest BCUT2D eigenvalue weighted by atomic mass is 16.3. The number of nitrogens with zero attached hydrogens (tertiary/aromatic N) is 2. The van der Waals surface area contributed by atoms with E-state index in [0.29, 0.717) is 19.5 Å². The van der Waals surface area contributed by atoms with E-state index in [1.807, 2.05) is 30.0 Å². The molecular formula is C22H24N2O3. The molecule has 0 bridgehead atoms. The zero-order valence-electron chi connectivity index (χ0n) is 15.7. The minimum Gasteiger partial charge on any atom is -0.508 e. The summed E-state index contributed by atoms with van der Waals surface area (Å²) in [6.07, 6.45) is 2.08. The molecule has 4 rings (SSSR count). The first-order valence-corrected chi connectivity index (χ1v) is 9.31. The summed E-state index contributed by atoms with van der Waals surface area (Å²) in [5.41, 5.74) is 5.15. The van der Waals surface area contributed by atoms with Gasteiger partial charge < -0.3 is 19.3 Å². The number of phenols is 1. The number of benzene rings is 2. The molecule has 0 saturated carbocycles. The Morgan fingerprint density at radius 1 is 1.11 bits per heavy atom. The molecule has 1 aliphatic heterocycles. The van der Waals surface area contributed by atoms with Crippen molar-refractivity contribution in [3.05, 3.63) is 59.4 Å². The lowest BCUT2D eigenvalue weighted by Gasteiger charge is -2.36. The Labute approximate surface area is 158 Å². The molecule has 0 spiro atoms. The molecule has 5 nitrogen and oxygen atoms in total. The molecule has 2 heterocycles. The van der Waals surface area contributed by atoms with Crippen LogP contribution < -0.4 is 4.90 Å². The third kappa shape index (κ3) is 3.37. The molecule has 0 aliphatic carbocycles. The van der Waals surface area contributed by atoms with Crippen LogP contribution in [0.1, 0.15) is 16.7 Å². The lowest BCUT2D eigenvalue weighted by Crippen LogP contribution is -2.49. The standard InChI is InChI=1S/C22H24N2O3/c1-15-6-7-20-17(14-27-22(20)16(15)2)12-21(26)24-10-8-23(9-11-24)18-4-3-5-19(25)13-18/h3-7,13-14,25H,8-12H2,1-2H3. The fourth-order valence-corrected chi connectivity index (χ4v) is 3.70. The quantitative estimate of drug-likeness (QED) is 0.771. The monoisotopic (exact) mass is 364 g/mol. The number of rotatable bonds is 3. The molecule has 1 saturated heterocycles. The van der Waals surface area contributed by atoms with Crippen molar-refractivity contribution in [2.75, 3.05) is 31.1 Å². The van der Waals surface area contributed by atoms with Gasteiger partial charge in [0, 0.05) is 48.9 Å². The second-order valence-electron chi connectivity index (χ2n) is 7.21. The molecule has 0 radical (unpaired) electrons. The molecule has 2 aromatic carbocycles. The summed E-state index contributed by atoms with van der Waals surface area (Å²) in [4.78, 5) is 16.9. The summed E-state index contributed by atoms with van der Waals surface area (Å²) in [6.45, 7) is 7.01. The number of hydrogen-bond acceptors (Lipinski definition) is 4. The maximum Gasteiger partial charge on any atom is 0.227 e. The average molecular weight is 364 g/mol. The van der Waals surface area contributed by atoms with Crippen LogP contribution in [0.2, 0.25) is 0 Å². The van der Waals surface area contributed by atoms with E-state index in [4.69, 9.17) is 4.42 Å².